The number of nitrogens with one attached hydrogen (secondary N) is 3. The molecule has 3 N–H and O–H groups in total. The first-order chi connectivity index (χ1) is 16.5. The van der Waals surface area contributed by atoms with Gasteiger partial charge in [0.05, 0.1) is 11.0 Å². The number of hydrogen-bond donors (Lipinski definition) is 3. The zero-order chi connectivity index (χ0) is 23.9. The predicted molar refractivity (Wildman–Crippen MR) is 136 cm³/mol. The Morgan fingerprint density at radius 2 is 1.79 bits per heavy atom. The van der Waals surface area contributed by atoms with Crippen molar-refractivity contribution in [1.29, 1.82) is 0 Å². The molecule has 0 spiro atoms. The van der Waals surface area contributed by atoms with E-state index in [0.717, 1.165) is 21.5 Å². The number of fused-ring (bicyclic) bond motifs is 1. The number of thioether (sulfide) groups is 1. The van der Waals surface area contributed by atoms with Crippen molar-refractivity contribution < 1.29 is 9.59 Å². The van der Waals surface area contributed by atoms with Crippen molar-refractivity contribution in [3.8, 4) is 11.4 Å². The highest BCUT2D eigenvalue weighted by Gasteiger charge is 2.22. The standard InChI is InChI=1S/C26H27N5O2S/c1-17(2)15-28-26(33)23(16-34-20-6-4-3-5-7-20)31-25(32)19-8-9-21-22(14-19)30-24(29-21)18-10-12-27-13-11-18/h3-14,17,23H,15-16H2,1-2H3,(H,28,33)(H,29,30)(H,31,32)/t23-/m0/s1. The second-order valence-electron chi connectivity index (χ2n) is 8.34. The van der Waals surface area contributed by atoms with Gasteiger partial charge in [0, 0.05) is 40.7 Å². The molecule has 1 atom stereocenters. The normalized spacial score (nSPS) is 12.0. The molecule has 0 bridgehead atoms. The van der Waals surface area contributed by atoms with Gasteiger partial charge in [0.25, 0.3) is 5.91 Å². The molecule has 0 fully saturated rings. The van der Waals surface area contributed by atoms with Crippen LogP contribution >= 0.6 is 11.8 Å². The maximum absolute atomic E-state index is 13.1. The van der Waals surface area contributed by atoms with Crippen LogP contribution in [0.5, 0.6) is 0 Å². The Morgan fingerprint density at radius 1 is 1.03 bits per heavy atom. The van der Waals surface area contributed by atoms with Crippen LogP contribution in [0.1, 0.15) is 24.2 Å². The number of aromatic amines is 1. The Hall–Kier alpha value is -3.65. The maximum atomic E-state index is 13.1. The van der Waals surface area contributed by atoms with Gasteiger partial charge in [0.15, 0.2) is 0 Å². The van der Waals surface area contributed by atoms with Crippen molar-refractivity contribution >= 4 is 34.6 Å². The lowest BCUT2D eigenvalue weighted by Crippen LogP contribution is -2.49. The zero-order valence-electron chi connectivity index (χ0n) is 19.1. The highest BCUT2D eigenvalue weighted by atomic mass is 32.2. The van der Waals surface area contributed by atoms with Crippen LogP contribution in [0.15, 0.2) is 78.0 Å². The fourth-order valence-electron chi connectivity index (χ4n) is 3.35. The number of hydrogen-bond acceptors (Lipinski definition) is 5. The van der Waals surface area contributed by atoms with E-state index >= 15 is 0 Å². The lowest BCUT2D eigenvalue weighted by Gasteiger charge is -2.19. The monoisotopic (exact) mass is 473 g/mol. The molecule has 0 saturated carbocycles. The number of imidazole rings is 1. The molecule has 2 aromatic carbocycles. The number of carbonyl (C=O) groups excluding carboxylic acids is 2. The van der Waals surface area contributed by atoms with Crippen LogP contribution in [0, 0.1) is 5.92 Å². The molecule has 2 aromatic heterocycles. The molecule has 4 aromatic rings. The maximum Gasteiger partial charge on any atom is 0.252 e. The summed E-state index contributed by atoms with van der Waals surface area (Å²) in [6.07, 6.45) is 3.42. The van der Waals surface area contributed by atoms with E-state index in [9.17, 15) is 9.59 Å². The van der Waals surface area contributed by atoms with E-state index in [4.69, 9.17) is 0 Å². The summed E-state index contributed by atoms with van der Waals surface area (Å²) >= 11 is 1.53. The number of nitrogens with zero attached hydrogens (tertiary/aromatic N) is 2. The van der Waals surface area contributed by atoms with Crippen LogP contribution in [0.4, 0.5) is 0 Å². The number of aromatic nitrogens is 3. The minimum absolute atomic E-state index is 0.187. The largest absolute Gasteiger partial charge is 0.354 e. The first kappa shape index (κ1) is 23.5. The van der Waals surface area contributed by atoms with Gasteiger partial charge in [-0.25, -0.2) is 4.98 Å². The Morgan fingerprint density at radius 3 is 2.53 bits per heavy atom. The van der Waals surface area contributed by atoms with E-state index in [1.54, 1.807) is 30.6 Å². The topological polar surface area (TPSA) is 99.8 Å². The van der Waals surface area contributed by atoms with Crippen molar-refractivity contribution in [3.05, 3.63) is 78.6 Å². The summed E-state index contributed by atoms with van der Waals surface area (Å²) in [7, 11) is 0. The highest BCUT2D eigenvalue weighted by Crippen LogP contribution is 2.21. The second kappa shape index (κ2) is 11.0. The number of benzene rings is 2. The van der Waals surface area contributed by atoms with Crippen molar-refractivity contribution in [2.24, 2.45) is 5.92 Å². The Labute approximate surface area is 202 Å². The van der Waals surface area contributed by atoms with Gasteiger partial charge in [-0.1, -0.05) is 32.0 Å². The highest BCUT2D eigenvalue weighted by molar-refractivity contribution is 7.99. The average Bonchev–Trinajstić information content (AvgIpc) is 3.29. The molecule has 0 aliphatic heterocycles. The van der Waals surface area contributed by atoms with Crippen LogP contribution < -0.4 is 10.6 Å². The Balaban J connectivity index is 1.50. The van der Waals surface area contributed by atoms with E-state index in [1.807, 2.05) is 56.3 Å². The molecular formula is C26H27N5O2S. The van der Waals surface area contributed by atoms with E-state index in [2.05, 4.69) is 25.6 Å². The summed E-state index contributed by atoms with van der Waals surface area (Å²) in [6, 6.07) is 18.2. The van der Waals surface area contributed by atoms with E-state index in [-0.39, 0.29) is 11.8 Å². The number of carbonyl (C=O) groups is 2. The summed E-state index contributed by atoms with van der Waals surface area (Å²) in [5.74, 6) is 0.964. The minimum Gasteiger partial charge on any atom is -0.354 e. The zero-order valence-corrected chi connectivity index (χ0v) is 19.9. The molecule has 2 amide bonds. The third-order valence-corrected chi connectivity index (χ3v) is 6.27. The third-order valence-electron chi connectivity index (χ3n) is 5.16. The molecule has 2 heterocycles. The molecule has 0 radical (unpaired) electrons. The molecular weight excluding hydrogens is 446 g/mol. The van der Waals surface area contributed by atoms with E-state index < -0.39 is 6.04 Å². The summed E-state index contributed by atoms with van der Waals surface area (Å²) in [5, 5.41) is 5.85. The minimum atomic E-state index is -0.665. The Kier molecular flexibility index (Phi) is 7.59. The number of rotatable bonds is 9. The first-order valence-corrected chi connectivity index (χ1v) is 12.1. The van der Waals surface area contributed by atoms with Gasteiger partial charge in [0.1, 0.15) is 11.9 Å². The lowest BCUT2D eigenvalue weighted by atomic mass is 10.1. The summed E-state index contributed by atoms with van der Waals surface area (Å²) in [4.78, 5) is 38.9. The van der Waals surface area contributed by atoms with Gasteiger partial charge < -0.3 is 15.6 Å². The number of amides is 2. The second-order valence-corrected chi connectivity index (χ2v) is 9.44. The molecule has 34 heavy (non-hydrogen) atoms. The van der Waals surface area contributed by atoms with Crippen LogP contribution in [0.25, 0.3) is 22.4 Å². The van der Waals surface area contributed by atoms with Gasteiger partial charge in [0.2, 0.25) is 5.91 Å². The molecule has 4 rings (SSSR count). The van der Waals surface area contributed by atoms with Crippen LogP contribution in [-0.4, -0.2) is 45.1 Å². The van der Waals surface area contributed by atoms with Gasteiger partial charge in [-0.2, -0.15) is 0 Å². The van der Waals surface area contributed by atoms with Crippen molar-refractivity contribution in [2.75, 3.05) is 12.3 Å². The fraction of sp³-hybridized carbons (Fsp3) is 0.231. The molecule has 0 unspecified atom stereocenters. The van der Waals surface area contributed by atoms with Crippen LogP contribution in [0.3, 0.4) is 0 Å². The molecule has 0 saturated heterocycles. The number of pyridine rings is 1. The molecule has 174 valence electrons. The Bertz CT molecular complexity index is 1260. The van der Waals surface area contributed by atoms with Crippen LogP contribution in [-0.2, 0) is 4.79 Å². The van der Waals surface area contributed by atoms with Crippen molar-refractivity contribution in [1.82, 2.24) is 25.6 Å². The molecule has 0 aliphatic carbocycles. The molecule has 0 aliphatic rings. The summed E-state index contributed by atoms with van der Waals surface area (Å²) < 4.78 is 0. The SMILES string of the molecule is CC(C)CNC(=O)[C@H](CSc1ccccc1)NC(=O)c1ccc2nc(-c3ccncc3)[nH]c2c1. The first-order valence-electron chi connectivity index (χ1n) is 11.2. The summed E-state index contributed by atoms with van der Waals surface area (Å²) in [5.41, 5.74) is 2.88. The smallest absolute Gasteiger partial charge is 0.252 e. The average molecular weight is 474 g/mol. The van der Waals surface area contributed by atoms with E-state index in [0.29, 0.717) is 29.6 Å². The van der Waals surface area contributed by atoms with Gasteiger partial charge in [-0.15, -0.1) is 11.8 Å². The third kappa shape index (κ3) is 6.02. The predicted octanol–water partition coefficient (Wildman–Crippen LogP) is 4.29. The van der Waals surface area contributed by atoms with E-state index in [1.165, 1.54) is 11.8 Å². The quantitative estimate of drug-likeness (QED) is 0.315. The lowest BCUT2D eigenvalue weighted by molar-refractivity contribution is -0.122. The molecule has 8 heteroatoms. The van der Waals surface area contributed by atoms with Gasteiger partial charge >= 0.3 is 0 Å². The van der Waals surface area contributed by atoms with Gasteiger partial charge in [-0.05, 0) is 48.4 Å². The fourth-order valence-corrected chi connectivity index (χ4v) is 4.29. The summed E-state index contributed by atoms with van der Waals surface area (Å²) in [6.45, 7) is 4.62. The number of H-pyrrole nitrogens is 1. The van der Waals surface area contributed by atoms with Crippen molar-refractivity contribution in [3.63, 3.8) is 0 Å². The molecule has 7 nitrogen and oxygen atoms in total. The van der Waals surface area contributed by atoms with Crippen LogP contribution in [0.2, 0.25) is 0 Å². The van der Waals surface area contributed by atoms with Crippen molar-refractivity contribution in [2.45, 2.75) is 24.8 Å². The van der Waals surface area contributed by atoms with Gasteiger partial charge in [-0.3, -0.25) is 14.6 Å².